The van der Waals surface area contributed by atoms with Gasteiger partial charge in [0.15, 0.2) is 12.3 Å². The lowest BCUT2D eigenvalue weighted by Crippen LogP contribution is -2.34. The van der Waals surface area contributed by atoms with E-state index in [1.807, 2.05) is 26.0 Å². The summed E-state index contributed by atoms with van der Waals surface area (Å²) in [5.74, 6) is -0.134. The number of aromatic nitrogens is 2. The summed E-state index contributed by atoms with van der Waals surface area (Å²) < 4.78 is 23.8. The number of benzene rings is 1. The number of oxazole rings is 1. The Labute approximate surface area is 156 Å². The van der Waals surface area contributed by atoms with Crippen molar-refractivity contribution >= 4 is 5.91 Å². The molecule has 2 aromatic heterocycles. The van der Waals surface area contributed by atoms with E-state index >= 15 is 0 Å². The Kier molecular flexibility index (Phi) is 5.80. The number of aryl methyl sites for hydroxylation is 1. The molecule has 1 amide bonds. The largest absolute Gasteiger partial charge is 0.484 e. The van der Waals surface area contributed by atoms with Crippen molar-refractivity contribution in [3.8, 4) is 5.75 Å². The van der Waals surface area contributed by atoms with Gasteiger partial charge in [-0.2, -0.15) is 0 Å². The predicted molar refractivity (Wildman–Crippen MR) is 96.8 cm³/mol. The highest BCUT2D eigenvalue weighted by atomic mass is 19.1. The van der Waals surface area contributed by atoms with Crippen LogP contribution < -0.4 is 10.1 Å². The maximum Gasteiger partial charge on any atom is 0.273 e. The normalized spacial score (nSPS) is 11.8. The molecule has 0 aliphatic carbocycles. The van der Waals surface area contributed by atoms with Gasteiger partial charge < -0.3 is 14.5 Å². The van der Waals surface area contributed by atoms with Crippen LogP contribution in [-0.2, 0) is 13.0 Å². The molecule has 1 N–H and O–H groups in total. The molecule has 7 heteroatoms. The summed E-state index contributed by atoms with van der Waals surface area (Å²) in [5, 5.41) is 2.87. The molecule has 1 atom stereocenters. The third-order valence-electron chi connectivity index (χ3n) is 3.94. The van der Waals surface area contributed by atoms with E-state index in [9.17, 15) is 9.18 Å². The van der Waals surface area contributed by atoms with Crippen LogP contribution in [0.1, 0.15) is 34.6 Å². The van der Waals surface area contributed by atoms with E-state index in [1.54, 1.807) is 18.3 Å². The second-order valence-electron chi connectivity index (χ2n) is 6.22. The van der Waals surface area contributed by atoms with Crippen LogP contribution in [0.15, 0.2) is 53.3 Å². The number of hydrogen-bond acceptors (Lipinski definition) is 5. The van der Waals surface area contributed by atoms with E-state index in [4.69, 9.17) is 9.15 Å². The molecule has 3 aromatic rings. The number of carbonyl (C=O) groups excluding carboxylic acids is 1. The summed E-state index contributed by atoms with van der Waals surface area (Å²) in [6.45, 7) is 3.89. The Morgan fingerprint density at radius 1 is 1.33 bits per heavy atom. The Morgan fingerprint density at radius 2 is 2.19 bits per heavy atom. The average molecular weight is 369 g/mol. The van der Waals surface area contributed by atoms with E-state index in [1.165, 1.54) is 18.4 Å². The van der Waals surface area contributed by atoms with Gasteiger partial charge in [-0.15, -0.1) is 0 Å². The van der Waals surface area contributed by atoms with Crippen LogP contribution in [-0.4, -0.2) is 21.9 Å². The third-order valence-corrected chi connectivity index (χ3v) is 3.94. The number of nitrogens with one attached hydrogen (secondary N) is 1. The number of nitrogens with zero attached hydrogens (tertiary/aromatic N) is 2. The fraction of sp³-hybridized carbons (Fsp3) is 0.250. The minimum absolute atomic E-state index is 0.000578. The van der Waals surface area contributed by atoms with Crippen molar-refractivity contribution in [1.82, 2.24) is 15.3 Å². The highest BCUT2D eigenvalue weighted by Gasteiger charge is 2.16. The van der Waals surface area contributed by atoms with Crippen molar-refractivity contribution in [1.29, 1.82) is 0 Å². The maximum atomic E-state index is 13.1. The van der Waals surface area contributed by atoms with Gasteiger partial charge in [0, 0.05) is 30.4 Å². The summed E-state index contributed by atoms with van der Waals surface area (Å²) in [7, 11) is 0. The van der Waals surface area contributed by atoms with Crippen molar-refractivity contribution in [3.63, 3.8) is 0 Å². The first-order valence-corrected chi connectivity index (χ1v) is 8.55. The number of rotatable bonds is 7. The lowest BCUT2D eigenvalue weighted by Gasteiger charge is -2.13. The molecule has 0 aliphatic rings. The summed E-state index contributed by atoms with van der Waals surface area (Å²) >= 11 is 0. The third kappa shape index (κ3) is 5.13. The molecule has 0 saturated heterocycles. The van der Waals surface area contributed by atoms with Crippen LogP contribution in [0.4, 0.5) is 4.39 Å². The molecule has 27 heavy (non-hydrogen) atoms. The molecule has 140 valence electrons. The van der Waals surface area contributed by atoms with Crippen LogP contribution in [0.3, 0.4) is 0 Å². The molecule has 3 rings (SSSR count). The van der Waals surface area contributed by atoms with Crippen LogP contribution in [0, 0.1) is 12.7 Å². The molecule has 0 spiro atoms. The molecule has 1 aromatic carbocycles. The number of amides is 1. The first kappa shape index (κ1) is 18.6. The molecule has 2 heterocycles. The number of halogens is 1. The minimum Gasteiger partial charge on any atom is -0.484 e. The topological polar surface area (TPSA) is 77.2 Å². The fourth-order valence-electron chi connectivity index (χ4n) is 2.55. The second kappa shape index (κ2) is 8.44. The van der Waals surface area contributed by atoms with Crippen molar-refractivity contribution in [2.75, 3.05) is 0 Å². The van der Waals surface area contributed by atoms with Crippen molar-refractivity contribution in [2.45, 2.75) is 32.9 Å². The summed E-state index contributed by atoms with van der Waals surface area (Å²) in [5.41, 5.74) is 2.18. The maximum absolute atomic E-state index is 13.1. The van der Waals surface area contributed by atoms with Crippen molar-refractivity contribution in [2.24, 2.45) is 0 Å². The number of pyridine rings is 1. The number of carbonyl (C=O) groups is 1. The summed E-state index contributed by atoms with van der Waals surface area (Å²) in [6, 6.07) is 9.51. The molecular formula is C20H20FN3O3. The fourth-order valence-corrected chi connectivity index (χ4v) is 2.55. The standard InChI is InChI=1S/C20H20FN3O3/c1-13-5-4-8-22-17(13)9-14(2)23-20(25)18-11-27-19(24-18)12-26-16-7-3-6-15(21)10-16/h3-8,10-11,14H,9,12H2,1-2H3,(H,23,25). The van der Waals surface area contributed by atoms with Gasteiger partial charge >= 0.3 is 0 Å². The van der Waals surface area contributed by atoms with E-state index in [-0.39, 0.29) is 30.1 Å². The van der Waals surface area contributed by atoms with Gasteiger partial charge in [-0.3, -0.25) is 9.78 Å². The van der Waals surface area contributed by atoms with Gasteiger partial charge in [-0.05, 0) is 37.6 Å². The number of ether oxygens (including phenoxy) is 1. The molecular weight excluding hydrogens is 349 g/mol. The van der Waals surface area contributed by atoms with Crippen LogP contribution in [0.25, 0.3) is 0 Å². The SMILES string of the molecule is Cc1cccnc1CC(C)NC(=O)c1coc(COc2cccc(F)c2)n1. The van der Waals surface area contributed by atoms with E-state index in [0.717, 1.165) is 11.3 Å². The Bertz CT molecular complexity index is 926. The molecule has 0 fully saturated rings. The lowest BCUT2D eigenvalue weighted by molar-refractivity contribution is 0.0934. The average Bonchev–Trinajstić information content (AvgIpc) is 3.11. The van der Waals surface area contributed by atoms with Crippen molar-refractivity contribution < 1.29 is 18.3 Å². The van der Waals surface area contributed by atoms with E-state index in [0.29, 0.717) is 12.2 Å². The second-order valence-corrected chi connectivity index (χ2v) is 6.22. The minimum atomic E-state index is -0.392. The zero-order chi connectivity index (χ0) is 19.2. The van der Waals surface area contributed by atoms with Crippen LogP contribution in [0.5, 0.6) is 5.75 Å². The zero-order valence-electron chi connectivity index (χ0n) is 15.1. The smallest absolute Gasteiger partial charge is 0.273 e. The monoisotopic (exact) mass is 369 g/mol. The van der Waals surface area contributed by atoms with Gasteiger partial charge in [-0.25, -0.2) is 9.37 Å². The summed E-state index contributed by atoms with van der Waals surface area (Å²) in [4.78, 5) is 20.8. The predicted octanol–water partition coefficient (Wildman–Crippen LogP) is 3.46. The van der Waals surface area contributed by atoms with E-state index in [2.05, 4.69) is 15.3 Å². The van der Waals surface area contributed by atoms with Crippen LogP contribution >= 0.6 is 0 Å². The zero-order valence-corrected chi connectivity index (χ0v) is 15.1. The highest BCUT2D eigenvalue weighted by molar-refractivity contribution is 5.92. The lowest BCUT2D eigenvalue weighted by atomic mass is 10.1. The first-order valence-electron chi connectivity index (χ1n) is 8.55. The molecule has 0 bridgehead atoms. The molecule has 0 aliphatic heterocycles. The Morgan fingerprint density at radius 3 is 2.96 bits per heavy atom. The van der Waals surface area contributed by atoms with Crippen LogP contribution in [0.2, 0.25) is 0 Å². The molecule has 0 saturated carbocycles. The Hall–Kier alpha value is -3.22. The first-order chi connectivity index (χ1) is 13.0. The van der Waals surface area contributed by atoms with Gasteiger partial charge in [-0.1, -0.05) is 12.1 Å². The van der Waals surface area contributed by atoms with Gasteiger partial charge in [0.05, 0.1) is 0 Å². The van der Waals surface area contributed by atoms with Gasteiger partial charge in [0.2, 0.25) is 5.89 Å². The Balaban J connectivity index is 1.54. The molecule has 6 nitrogen and oxygen atoms in total. The summed E-state index contributed by atoms with van der Waals surface area (Å²) in [6.07, 6.45) is 3.63. The van der Waals surface area contributed by atoms with E-state index < -0.39 is 5.82 Å². The van der Waals surface area contributed by atoms with Crippen molar-refractivity contribution in [3.05, 3.63) is 77.5 Å². The molecule has 0 radical (unpaired) electrons. The molecule has 1 unspecified atom stereocenters. The quantitative estimate of drug-likeness (QED) is 0.690. The van der Waals surface area contributed by atoms with Gasteiger partial charge in [0.25, 0.3) is 5.91 Å². The highest BCUT2D eigenvalue weighted by Crippen LogP contribution is 2.14. The number of hydrogen-bond donors (Lipinski definition) is 1. The van der Waals surface area contributed by atoms with Gasteiger partial charge in [0.1, 0.15) is 17.8 Å².